The zero-order valence-electron chi connectivity index (χ0n) is 20.7. The van der Waals surface area contributed by atoms with Gasteiger partial charge in [-0.1, -0.05) is 12.1 Å². The Morgan fingerprint density at radius 2 is 1.05 bits per heavy atom. The molecule has 0 unspecified atom stereocenters. The van der Waals surface area contributed by atoms with E-state index >= 15 is 0 Å². The first-order chi connectivity index (χ1) is 17.9. The zero-order chi connectivity index (χ0) is 28.0. The summed E-state index contributed by atoms with van der Waals surface area (Å²) in [6, 6.07) is 7.76. The summed E-state index contributed by atoms with van der Waals surface area (Å²) in [6.07, 6.45) is -3.47. The molecular weight excluding hydrogens is 500 g/mol. The van der Waals surface area contributed by atoms with Gasteiger partial charge < -0.3 is 40.1 Å². The first-order valence-electron chi connectivity index (χ1n) is 11.5. The molecule has 0 aliphatic heterocycles. The van der Waals surface area contributed by atoms with E-state index in [1.54, 1.807) is 13.8 Å². The van der Waals surface area contributed by atoms with Crippen molar-refractivity contribution in [2.45, 2.75) is 52.1 Å². The molecule has 6 N–H and O–H groups in total. The topological polar surface area (TPSA) is 200 Å². The highest BCUT2D eigenvalue weighted by Gasteiger charge is 2.22. The summed E-state index contributed by atoms with van der Waals surface area (Å²) in [5.41, 5.74) is 2.23. The van der Waals surface area contributed by atoms with Crippen molar-refractivity contribution >= 4 is 11.9 Å². The summed E-state index contributed by atoms with van der Waals surface area (Å²) in [5, 5.41) is 58.3. The van der Waals surface area contributed by atoms with E-state index in [-0.39, 0.29) is 60.4 Å². The van der Waals surface area contributed by atoms with Crippen molar-refractivity contribution in [3.63, 3.8) is 0 Å². The molecular formula is C26H28N2O10. The van der Waals surface area contributed by atoms with Crippen LogP contribution >= 0.6 is 0 Å². The Hall–Kier alpha value is -4.42. The highest BCUT2D eigenvalue weighted by molar-refractivity contribution is 5.75. The van der Waals surface area contributed by atoms with Crippen LogP contribution in [0.5, 0.6) is 23.0 Å². The predicted molar refractivity (Wildman–Crippen MR) is 130 cm³/mol. The molecule has 2 atom stereocenters. The fourth-order valence-electron chi connectivity index (χ4n) is 3.40. The number of aliphatic hydroxyl groups is 2. The van der Waals surface area contributed by atoms with Crippen LogP contribution in [-0.2, 0) is 45.1 Å². The largest absolute Gasteiger partial charge is 0.504 e. The van der Waals surface area contributed by atoms with Gasteiger partial charge in [-0.15, -0.1) is 0 Å². The molecule has 0 fully saturated rings. The molecule has 202 valence electrons. The predicted octanol–water partition coefficient (Wildman–Crippen LogP) is 1.21. The number of aryl methyl sites for hydroxylation is 2. The van der Waals surface area contributed by atoms with Crippen molar-refractivity contribution in [2.75, 3.05) is 0 Å². The van der Waals surface area contributed by atoms with Gasteiger partial charge in [-0.25, -0.2) is 9.59 Å². The van der Waals surface area contributed by atoms with Gasteiger partial charge in [0.1, 0.15) is 24.6 Å². The lowest BCUT2D eigenvalue weighted by Crippen LogP contribution is -2.27. The van der Waals surface area contributed by atoms with E-state index < -0.39 is 24.1 Å². The number of esters is 2. The molecule has 0 aliphatic rings. The molecule has 3 aromatic rings. The van der Waals surface area contributed by atoms with Crippen molar-refractivity contribution in [1.29, 1.82) is 0 Å². The molecule has 2 aromatic carbocycles. The van der Waals surface area contributed by atoms with Gasteiger partial charge in [-0.05, 0) is 49.2 Å². The fourth-order valence-corrected chi connectivity index (χ4v) is 3.40. The standard InChI is InChI=1S/C26H28N2O10/c1-13-14(2)28-18(12-38-26(36)24(34)10-16-4-6-20(30)22(32)8-16)17(27-13)11-37-25(35)23(33)9-15-3-5-19(29)21(31)7-15/h3-8,23-24,29-34H,9-12H2,1-2H3/t23-,24-/m1/s1. The number of hydrogen-bond donors (Lipinski definition) is 6. The Bertz CT molecular complexity index is 1230. The van der Waals surface area contributed by atoms with Gasteiger partial charge in [0, 0.05) is 12.8 Å². The Morgan fingerprint density at radius 1 is 0.684 bits per heavy atom. The molecule has 12 nitrogen and oxygen atoms in total. The minimum Gasteiger partial charge on any atom is -0.504 e. The van der Waals surface area contributed by atoms with Crippen LogP contribution in [0.3, 0.4) is 0 Å². The van der Waals surface area contributed by atoms with Crippen LogP contribution in [0.15, 0.2) is 36.4 Å². The smallest absolute Gasteiger partial charge is 0.335 e. The van der Waals surface area contributed by atoms with Crippen LogP contribution in [0.2, 0.25) is 0 Å². The van der Waals surface area contributed by atoms with Crippen LogP contribution in [0.1, 0.15) is 33.9 Å². The molecule has 0 saturated carbocycles. The van der Waals surface area contributed by atoms with Crippen molar-refractivity contribution < 1.29 is 49.7 Å². The molecule has 0 saturated heterocycles. The Morgan fingerprint density at radius 3 is 1.39 bits per heavy atom. The van der Waals surface area contributed by atoms with Gasteiger partial charge in [0.05, 0.1) is 11.4 Å². The molecule has 0 bridgehead atoms. The van der Waals surface area contributed by atoms with E-state index in [9.17, 15) is 40.2 Å². The second kappa shape index (κ2) is 12.2. The maximum atomic E-state index is 12.3. The average molecular weight is 529 g/mol. The summed E-state index contributed by atoms with van der Waals surface area (Å²) in [5.74, 6) is -3.38. The van der Waals surface area contributed by atoms with Crippen molar-refractivity contribution in [3.05, 3.63) is 70.3 Å². The van der Waals surface area contributed by atoms with E-state index in [2.05, 4.69) is 9.97 Å². The molecule has 0 spiro atoms. The molecule has 3 rings (SSSR count). The first kappa shape index (κ1) is 28.2. The summed E-state index contributed by atoms with van der Waals surface area (Å²) in [4.78, 5) is 33.3. The number of aliphatic hydroxyl groups excluding tert-OH is 2. The van der Waals surface area contributed by atoms with E-state index in [1.807, 2.05) is 0 Å². The second-order valence-electron chi connectivity index (χ2n) is 8.59. The number of carbonyl (C=O) groups is 2. The lowest BCUT2D eigenvalue weighted by atomic mass is 10.1. The summed E-state index contributed by atoms with van der Waals surface area (Å²) in [7, 11) is 0. The number of hydrogen-bond acceptors (Lipinski definition) is 12. The number of aromatic nitrogens is 2. The summed E-state index contributed by atoms with van der Waals surface area (Å²) in [6.45, 7) is 2.61. The van der Waals surface area contributed by atoms with E-state index in [4.69, 9.17) is 9.47 Å². The van der Waals surface area contributed by atoms with Gasteiger partial charge in [-0.2, -0.15) is 0 Å². The number of phenols is 4. The van der Waals surface area contributed by atoms with Crippen LogP contribution in [0, 0.1) is 13.8 Å². The molecule has 1 aromatic heterocycles. The van der Waals surface area contributed by atoms with Crippen molar-refractivity contribution in [1.82, 2.24) is 9.97 Å². The minimum absolute atomic E-state index is 0.174. The molecule has 12 heteroatoms. The minimum atomic E-state index is -1.56. The number of nitrogens with zero attached hydrogens (tertiary/aromatic N) is 2. The summed E-state index contributed by atoms with van der Waals surface area (Å²) < 4.78 is 10.3. The highest BCUT2D eigenvalue weighted by atomic mass is 16.6. The third-order valence-electron chi connectivity index (χ3n) is 5.65. The lowest BCUT2D eigenvalue weighted by Gasteiger charge is -2.15. The molecule has 1 heterocycles. The van der Waals surface area contributed by atoms with Gasteiger partial charge in [-0.3, -0.25) is 9.97 Å². The number of carbonyl (C=O) groups excluding carboxylic acids is 2. The van der Waals surface area contributed by atoms with Crippen LogP contribution in [0.25, 0.3) is 0 Å². The molecule has 0 amide bonds. The lowest BCUT2D eigenvalue weighted by molar-refractivity contribution is -0.156. The van der Waals surface area contributed by atoms with Crippen LogP contribution < -0.4 is 0 Å². The van der Waals surface area contributed by atoms with Gasteiger partial charge in [0.15, 0.2) is 35.2 Å². The van der Waals surface area contributed by atoms with Crippen LogP contribution in [0.4, 0.5) is 0 Å². The highest BCUT2D eigenvalue weighted by Crippen LogP contribution is 2.26. The Kier molecular flexibility index (Phi) is 9.05. The van der Waals surface area contributed by atoms with Crippen molar-refractivity contribution in [2.24, 2.45) is 0 Å². The normalized spacial score (nSPS) is 12.5. The average Bonchev–Trinajstić information content (AvgIpc) is 2.87. The van der Waals surface area contributed by atoms with Gasteiger partial charge >= 0.3 is 11.9 Å². The maximum Gasteiger partial charge on any atom is 0.335 e. The monoisotopic (exact) mass is 528 g/mol. The Labute approximate surface area is 217 Å². The molecule has 38 heavy (non-hydrogen) atoms. The second-order valence-corrected chi connectivity index (χ2v) is 8.59. The third kappa shape index (κ3) is 7.31. The van der Waals surface area contributed by atoms with E-state index in [1.165, 1.54) is 36.4 Å². The fraction of sp³-hybridized carbons (Fsp3) is 0.308. The molecule has 0 aliphatic carbocycles. The molecule has 0 radical (unpaired) electrons. The SMILES string of the molecule is Cc1nc(COC(=O)[C@H](O)Cc2ccc(O)c(O)c2)c(COC(=O)[C@H](O)Cc2ccc(O)c(O)c2)nc1C. The Balaban J connectivity index is 1.61. The van der Waals surface area contributed by atoms with Crippen LogP contribution in [-0.4, -0.2) is 64.8 Å². The first-order valence-corrected chi connectivity index (χ1v) is 11.5. The number of rotatable bonds is 10. The summed E-state index contributed by atoms with van der Waals surface area (Å²) >= 11 is 0. The van der Waals surface area contributed by atoms with Crippen molar-refractivity contribution in [3.8, 4) is 23.0 Å². The zero-order valence-corrected chi connectivity index (χ0v) is 20.7. The van der Waals surface area contributed by atoms with Gasteiger partial charge in [0.25, 0.3) is 0 Å². The number of phenolic OH excluding ortho intramolecular Hbond substituents is 4. The quantitative estimate of drug-likeness (QED) is 0.163. The van der Waals surface area contributed by atoms with Gasteiger partial charge in [0.2, 0.25) is 0 Å². The van der Waals surface area contributed by atoms with E-state index in [0.717, 1.165) is 0 Å². The number of benzene rings is 2. The van der Waals surface area contributed by atoms with E-state index in [0.29, 0.717) is 22.5 Å². The number of aromatic hydroxyl groups is 4. The number of ether oxygens (including phenoxy) is 2. The third-order valence-corrected chi connectivity index (χ3v) is 5.65. The maximum absolute atomic E-state index is 12.3.